The fourth-order valence-electron chi connectivity index (χ4n) is 3.92. The molecular formula is C16H23NO2. The van der Waals surface area contributed by atoms with Crippen LogP contribution >= 0.6 is 0 Å². The highest BCUT2D eigenvalue weighted by Gasteiger charge is 2.59. The van der Waals surface area contributed by atoms with E-state index in [4.69, 9.17) is 0 Å². The van der Waals surface area contributed by atoms with Crippen molar-refractivity contribution in [2.24, 2.45) is 17.8 Å². The molecule has 2 N–H and O–H groups in total. The van der Waals surface area contributed by atoms with Crippen LogP contribution in [0.15, 0.2) is 24.3 Å². The summed E-state index contributed by atoms with van der Waals surface area (Å²) in [6, 6.07) is 7.20. The Bertz CT molecular complexity index is 474. The maximum atomic E-state index is 11.3. The average Bonchev–Trinajstić information content (AvgIpc) is 3.13. The van der Waals surface area contributed by atoms with Crippen LogP contribution in [-0.4, -0.2) is 35.8 Å². The summed E-state index contributed by atoms with van der Waals surface area (Å²) in [6.07, 6.45) is 3.45. The lowest BCUT2D eigenvalue weighted by atomic mass is 9.71. The van der Waals surface area contributed by atoms with Crippen molar-refractivity contribution in [3.8, 4) is 5.75 Å². The van der Waals surface area contributed by atoms with Crippen molar-refractivity contribution in [1.29, 1.82) is 0 Å². The molecule has 3 rings (SSSR count). The molecule has 3 nitrogen and oxygen atoms in total. The molecule has 104 valence electrons. The van der Waals surface area contributed by atoms with Crippen LogP contribution in [0, 0.1) is 17.8 Å². The summed E-state index contributed by atoms with van der Waals surface area (Å²) in [4.78, 5) is 2.15. The molecule has 0 radical (unpaired) electrons. The van der Waals surface area contributed by atoms with Gasteiger partial charge in [-0.15, -0.1) is 0 Å². The van der Waals surface area contributed by atoms with Crippen molar-refractivity contribution in [2.45, 2.75) is 24.9 Å². The molecule has 0 aliphatic heterocycles. The minimum Gasteiger partial charge on any atom is -0.508 e. The highest BCUT2D eigenvalue weighted by molar-refractivity contribution is 5.34. The molecule has 0 heterocycles. The van der Waals surface area contributed by atoms with Gasteiger partial charge in [-0.1, -0.05) is 12.1 Å². The Hall–Kier alpha value is -1.06. The van der Waals surface area contributed by atoms with Gasteiger partial charge >= 0.3 is 0 Å². The van der Waals surface area contributed by atoms with E-state index in [1.54, 1.807) is 12.1 Å². The lowest BCUT2D eigenvalue weighted by molar-refractivity contribution is -0.0751. The highest BCUT2D eigenvalue weighted by Crippen LogP contribution is 2.61. The van der Waals surface area contributed by atoms with Crippen LogP contribution in [0.4, 0.5) is 0 Å². The van der Waals surface area contributed by atoms with Crippen LogP contribution in [0.25, 0.3) is 0 Å². The fraction of sp³-hybridized carbons (Fsp3) is 0.625. The number of aliphatic hydroxyl groups is 1. The third kappa shape index (κ3) is 2.15. The van der Waals surface area contributed by atoms with E-state index in [9.17, 15) is 10.2 Å². The summed E-state index contributed by atoms with van der Waals surface area (Å²) < 4.78 is 0. The van der Waals surface area contributed by atoms with Crippen LogP contribution in [0.2, 0.25) is 0 Å². The van der Waals surface area contributed by atoms with Gasteiger partial charge < -0.3 is 15.1 Å². The van der Waals surface area contributed by atoms with E-state index in [2.05, 4.69) is 19.0 Å². The molecule has 0 spiro atoms. The first-order valence-corrected chi connectivity index (χ1v) is 7.18. The van der Waals surface area contributed by atoms with Gasteiger partial charge in [0.1, 0.15) is 5.75 Å². The molecule has 2 aliphatic carbocycles. The van der Waals surface area contributed by atoms with Gasteiger partial charge in [0.25, 0.3) is 0 Å². The number of hydrogen-bond acceptors (Lipinski definition) is 3. The van der Waals surface area contributed by atoms with Crippen molar-refractivity contribution in [1.82, 2.24) is 4.90 Å². The van der Waals surface area contributed by atoms with Crippen molar-refractivity contribution in [2.75, 3.05) is 20.6 Å². The van der Waals surface area contributed by atoms with Crippen LogP contribution in [0.5, 0.6) is 5.75 Å². The lowest BCUT2D eigenvalue weighted by Crippen LogP contribution is -2.45. The molecule has 2 fully saturated rings. The number of rotatable bonds is 3. The van der Waals surface area contributed by atoms with Crippen molar-refractivity contribution < 1.29 is 10.2 Å². The zero-order valence-electron chi connectivity index (χ0n) is 11.7. The number of fused-ring (bicyclic) bond motifs is 1. The van der Waals surface area contributed by atoms with E-state index in [-0.39, 0.29) is 11.7 Å². The Morgan fingerprint density at radius 2 is 2.11 bits per heavy atom. The summed E-state index contributed by atoms with van der Waals surface area (Å²) >= 11 is 0. The third-order valence-electron chi connectivity index (χ3n) is 4.89. The molecule has 1 aromatic rings. The molecule has 0 amide bonds. The quantitative estimate of drug-likeness (QED) is 0.876. The van der Waals surface area contributed by atoms with Gasteiger partial charge in [-0.05, 0) is 62.9 Å². The van der Waals surface area contributed by atoms with E-state index in [0.717, 1.165) is 24.9 Å². The molecule has 0 unspecified atom stereocenters. The average molecular weight is 261 g/mol. The topological polar surface area (TPSA) is 43.7 Å². The standard InChI is InChI=1S/C16H23NO2/c1-17(2)10-13-7-6-11-8-15(11)16(13,19)12-4-3-5-14(18)9-12/h3-5,9,11,13,15,18-19H,6-8,10H2,1-2H3/t11-,13-,15+,16+/m1/s1. The van der Waals surface area contributed by atoms with Gasteiger partial charge in [0, 0.05) is 12.5 Å². The zero-order chi connectivity index (χ0) is 13.6. The first-order valence-electron chi connectivity index (χ1n) is 7.18. The van der Waals surface area contributed by atoms with E-state index in [0.29, 0.717) is 11.8 Å². The number of phenols is 1. The summed E-state index contributed by atoms with van der Waals surface area (Å²) in [5.74, 6) is 1.57. The first-order chi connectivity index (χ1) is 9.01. The number of hydrogen-bond donors (Lipinski definition) is 2. The predicted molar refractivity (Wildman–Crippen MR) is 74.9 cm³/mol. The van der Waals surface area contributed by atoms with Gasteiger partial charge in [-0.25, -0.2) is 0 Å². The summed E-state index contributed by atoms with van der Waals surface area (Å²) in [6.45, 7) is 0.898. The Balaban J connectivity index is 1.96. The lowest BCUT2D eigenvalue weighted by Gasteiger charge is -2.42. The van der Waals surface area contributed by atoms with Crippen LogP contribution in [0.1, 0.15) is 24.8 Å². The summed E-state index contributed by atoms with van der Waals surface area (Å²) in [7, 11) is 4.11. The Kier molecular flexibility index (Phi) is 3.06. The maximum Gasteiger partial charge on any atom is 0.115 e. The van der Waals surface area contributed by atoms with E-state index >= 15 is 0 Å². The van der Waals surface area contributed by atoms with Gasteiger partial charge in [-0.2, -0.15) is 0 Å². The smallest absolute Gasteiger partial charge is 0.115 e. The Morgan fingerprint density at radius 1 is 1.32 bits per heavy atom. The molecule has 0 saturated heterocycles. The van der Waals surface area contributed by atoms with Crippen molar-refractivity contribution >= 4 is 0 Å². The van der Waals surface area contributed by atoms with E-state index in [1.165, 1.54) is 6.42 Å². The molecular weight excluding hydrogens is 238 g/mol. The fourth-order valence-corrected chi connectivity index (χ4v) is 3.92. The summed E-state index contributed by atoms with van der Waals surface area (Å²) in [5, 5.41) is 21.1. The number of nitrogens with zero attached hydrogens (tertiary/aromatic N) is 1. The monoisotopic (exact) mass is 261 g/mol. The number of benzene rings is 1. The van der Waals surface area contributed by atoms with Gasteiger partial charge in [0.2, 0.25) is 0 Å². The minimum absolute atomic E-state index is 0.248. The van der Waals surface area contributed by atoms with E-state index < -0.39 is 5.60 Å². The molecule has 2 aliphatic rings. The van der Waals surface area contributed by atoms with E-state index in [1.807, 2.05) is 12.1 Å². The zero-order valence-corrected chi connectivity index (χ0v) is 11.7. The van der Waals surface area contributed by atoms with Gasteiger partial charge in [-0.3, -0.25) is 0 Å². The second-order valence-corrected chi connectivity index (χ2v) is 6.51. The third-order valence-corrected chi connectivity index (χ3v) is 4.89. The molecule has 0 bridgehead atoms. The normalized spacial score (nSPS) is 37.2. The molecule has 4 atom stereocenters. The van der Waals surface area contributed by atoms with Gasteiger partial charge in [0.15, 0.2) is 0 Å². The van der Waals surface area contributed by atoms with Crippen LogP contribution in [-0.2, 0) is 5.60 Å². The number of aromatic hydroxyl groups is 1. The molecule has 3 heteroatoms. The number of phenolic OH excluding ortho intramolecular Hbond substituents is 1. The van der Waals surface area contributed by atoms with Crippen molar-refractivity contribution in [3.63, 3.8) is 0 Å². The molecule has 0 aromatic heterocycles. The van der Waals surface area contributed by atoms with Crippen LogP contribution < -0.4 is 0 Å². The SMILES string of the molecule is CN(C)C[C@H]1CC[C@@H]2C[C@@H]2[C@]1(O)c1cccc(O)c1. The van der Waals surface area contributed by atoms with Crippen molar-refractivity contribution in [3.05, 3.63) is 29.8 Å². The highest BCUT2D eigenvalue weighted by atomic mass is 16.3. The summed E-state index contributed by atoms with van der Waals surface area (Å²) in [5.41, 5.74) is 0.137. The second-order valence-electron chi connectivity index (χ2n) is 6.51. The molecule has 1 aromatic carbocycles. The minimum atomic E-state index is -0.758. The molecule has 2 saturated carbocycles. The first kappa shape index (κ1) is 12.9. The van der Waals surface area contributed by atoms with Gasteiger partial charge in [0.05, 0.1) is 5.60 Å². The second kappa shape index (κ2) is 4.50. The Labute approximate surface area is 114 Å². The van der Waals surface area contributed by atoms with Crippen LogP contribution in [0.3, 0.4) is 0 Å². The molecule has 19 heavy (non-hydrogen) atoms. The predicted octanol–water partition coefficient (Wildman–Crippen LogP) is 2.19. The maximum absolute atomic E-state index is 11.3. The largest absolute Gasteiger partial charge is 0.508 e. The Morgan fingerprint density at radius 3 is 2.79 bits per heavy atom.